The van der Waals surface area contributed by atoms with Crippen molar-refractivity contribution >= 4 is 5.96 Å². The van der Waals surface area contributed by atoms with Crippen LogP contribution in [0.15, 0.2) is 29.3 Å². The fourth-order valence-corrected chi connectivity index (χ4v) is 3.93. The van der Waals surface area contributed by atoms with Crippen molar-refractivity contribution in [2.75, 3.05) is 26.7 Å². The number of hydrogen-bond donors (Lipinski definition) is 1. The Kier molecular flexibility index (Phi) is 4.18. The minimum Gasteiger partial charge on any atom is -0.356 e. The molecule has 1 N–H and O–H groups in total. The molecule has 1 aromatic carbocycles. The number of aliphatic imine (C=N–C) groups is 1. The molecule has 1 aliphatic carbocycles. The second kappa shape index (κ2) is 6.08. The molecule has 1 saturated heterocycles. The zero-order valence-electron chi connectivity index (χ0n) is 13.5. The second-order valence-electron chi connectivity index (χ2n) is 6.88. The molecule has 1 fully saturated rings. The molecular weight excluding hydrogens is 258 g/mol. The maximum Gasteiger partial charge on any atom is 0.193 e. The fraction of sp³-hybridized carbons (Fsp3) is 0.611. The molecule has 0 spiro atoms. The van der Waals surface area contributed by atoms with Gasteiger partial charge in [-0.05, 0) is 35.8 Å². The first kappa shape index (κ1) is 14.4. The van der Waals surface area contributed by atoms with E-state index in [2.05, 4.69) is 53.3 Å². The van der Waals surface area contributed by atoms with Crippen LogP contribution >= 0.6 is 0 Å². The summed E-state index contributed by atoms with van der Waals surface area (Å²) in [4.78, 5) is 6.93. The molecule has 3 nitrogen and oxygen atoms in total. The number of piperidine rings is 1. The minimum absolute atomic E-state index is 0.651. The zero-order chi connectivity index (χ0) is 14.8. The Morgan fingerprint density at radius 2 is 1.95 bits per heavy atom. The smallest absolute Gasteiger partial charge is 0.193 e. The third-order valence-corrected chi connectivity index (χ3v) is 4.85. The fourth-order valence-electron chi connectivity index (χ4n) is 3.93. The Bertz CT molecular complexity index is 513. The van der Waals surface area contributed by atoms with Gasteiger partial charge in [0.15, 0.2) is 5.96 Å². The molecule has 0 aromatic heterocycles. The van der Waals surface area contributed by atoms with Crippen molar-refractivity contribution in [2.45, 2.75) is 32.6 Å². The Morgan fingerprint density at radius 1 is 1.24 bits per heavy atom. The SMILES string of the molecule is CN=C(NCC1Cc2ccccc21)N1CC(C)CC(C)C1. The molecule has 3 rings (SSSR count). The van der Waals surface area contributed by atoms with E-state index in [1.54, 1.807) is 0 Å². The van der Waals surface area contributed by atoms with Crippen LogP contribution in [-0.4, -0.2) is 37.5 Å². The summed E-state index contributed by atoms with van der Waals surface area (Å²) < 4.78 is 0. The maximum atomic E-state index is 4.50. The van der Waals surface area contributed by atoms with Gasteiger partial charge >= 0.3 is 0 Å². The number of likely N-dealkylation sites (tertiary alicyclic amines) is 1. The van der Waals surface area contributed by atoms with E-state index in [9.17, 15) is 0 Å². The monoisotopic (exact) mass is 285 g/mol. The van der Waals surface area contributed by atoms with E-state index >= 15 is 0 Å². The number of rotatable bonds is 2. The van der Waals surface area contributed by atoms with Crippen molar-refractivity contribution in [1.29, 1.82) is 0 Å². The predicted molar refractivity (Wildman–Crippen MR) is 88.8 cm³/mol. The van der Waals surface area contributed by atoms with E-state index in [0.29, 0.717) is 5.92 Å². The lowest BCUT2D eigenvalue weighted by molar-refractivity contribution is 0.208. The number of guanidine groups is 1. The molecule has 0 saturated carbocycles. The second-order valence-corrected chi connectivity index (χ2v) is 6.88. The molecule has 114 valence electrons. The Morgan fingerprint density at radius 3 is 2.62 bits per heavy atom. The molecule has 1 aromatic rings. The lowest BCUT2D eigenvalue weighted by Gasteiger charge is -2.38. The molecule has 3 atom stereocenters. The normalized spacial score (nSPS) is 28.8. The van der Waals surface area contributed by atoms with E-state index in [-0.39, 0.29) is 0 Å². The zero-order valence-corrected chi connectivity index (χ0v) is 13.5. The van der Waals surface area contributed by atoms with Gasteiger partial charge in [-0.1, -0.05) is 38.1 Å². The molecule has 0 amide bonds. The maximum absolute atomic E-state index is 4.50. The molecule has 3 unspecified atom stereocenters. The quantitative estimate of drug-likeness (QED) is 0.668. The van der Waals surface area contributed by atoms with Crippen LogP contribution in [0.1, 0.15) is 37.3 Å². The van der Waals surface area contributed by atoms with Gasteiger partial charge in [-0.2, -0.15) is 0 Å². The lowest BCUT2D eigenvalue weighted by atomic mass is 9.77. The number of nitrogens with zero attached hydrogens (tertiary/aromatic N) is 2. The Labute approximate surface area is 128 Å². The van der Waals surface area contributed by atoms with Gasteiger partial charge in [-0.25, -0.2) is 0 Å². The summed E-state index contributed by atoms with van der Waals surface area (Å²) in [5.74, 6) is 3.25. The van der Waals surface area contributed by atoms with Gasteiger partial charge in [0.1, 0.15) is 0 Å². The summed E-state index contributed by atoms with van der Waals surface area (Å²) in [5.41, 5.74) is 3.03. The number of fused-ring (bicyclic) bond motifs is 1. The van der Waals surface area contributed by atoms with E-state index in [1.807, 2.05) is 7.05 Å². The summed E-state index contributed by atoms with van der Waals surface area (Å²) in [7, 11) is 1.90. The Hall–Kier alpha value is -1.51. The van der Waals surface area contributed by atoms with E-state index in [1.165, 1.54) is 24.0 Å². The van der Waals surface area contributed by atoms with Crippen molar-refractivity contribution in [3.05, 3.63) is 35.4 Å². The predicted octanol–water partition coefficient (Wildman–Crippen LogP) is 2.88. The molecule has 2 aliphatic rings. The van der Waals surface area contributed by atoms with Crippen LogP contribution in [0.2, 0.25) is 0 Å². The van der Waals surface area contributed by atoms with Crippen LogP contribution in [-0.2, 0) is 6.42 Å². The van der Waals surface area contributed by atoms with Gasteiger partial charge in [0.2, 0.25) is 0 Å². The van der Waals surface area contributed by atoms with E-state index < -0.39 is 0 Å². The number of hydrogen-bond acceptors (Lipinski definition) is 1. The van der Waals surface area contributed by atoms with Gasteiger partial charge in [-0.3, -0.25) is 4.99 Å². The average molecular weight is 285 g/mol. The molecule has 3 heteroatoms. The summed E-state index contributed by atoms with van der Waals surface area (Å²) in [5, 5.41) is 3.60. The summed E-state index contributed by atoms with van der Waals surface area (Å²) >= 11 is 0. The topological polar surface area (TPSA) is 27.6 Å². The summed E-state index contributed by atoms with van der Waals surface area (Å²) in [6.45, 7) is 7.95. The minimum atomic E-state index is 0.651. The van der Waals surface area contributed by atoms with Gasteiger partial charge < -0.3 is 10.2 Å². The van der Waals surface area contributed by atoms with Crippen molar-refractivity contribution in [2.24, 2.45) is 16.8 Å². The standard InChI is InChI=1S/C18H27N3/c1-13-8-14(2)12-21(11-13)18(19-3)20-10-16-9-15-6-4-5-7-17(15)16/h4-7,13-14,16H,8-12H2,1-3H3,(H,19,20). The van der Waals surface area contributed by atoms with Gasteiger partial charge in [0.25, 0.3) is 0 Å². The highest BCUT2D eigenvalue weighted by Gasteiger charge is 2.27. The van der Waals surface area contributed by atoms with Gasteiger partial charge in [0, 0.05) is 32.6 Å². The van der Waals surface area contributed by atoms with Crippen molar-refractivity contribution in [3.63, 3.8) is 0 Å². The largest absolute Gasteiger partial charge is 0.356 e. The summed E-state index contributed by atoms with van der Waals surface area (Å²) in [6, 6.07) is 8.79. The van der Waals surface area contributed by atoms with Crippen molar-refractivity contribution in [1.82, 2.24) is 10.2 Å². The van der Waals surface area contributed by atoms with Crippen LogP contribution in [0, 0.1) is 11.8 Å². The van der Waals surface area contributed by atoms with Gasteiger partial charge in [0.05, 0.1) is 0 Å². The average Bonchev–Trinajstić information content (AvgIpc) is 2.43. The van der Waals surface area contributed by atoms with Crippen LogP contribution in [0.25, 0.3) is 0 Å². The molecule has 0 radical (unpaired) electrons. The molecule has 1 heterocycles. The molecule has 0 bridgehead atoms. The highest BCUT2D eigenvalue weighted by molar-refractivity contribution is 5.80. The van der Waals surface area contributed by atoms with Crippen LogP contribution < -0.4 is 5.32 Å². The lowest BCUT2D eigenvalue weighted by Crippen LogP contribution is -2.49. The van der Waals surface area contributed by atoms with Crippen LogP contribution in [0.3, 0.4) is 0 Å². The van der Waals surface area contributed by atoms with Gasteiger partial charge in [-0.15, -0.1) is 0 Å². The van der Waals surface area contributed by atoms with Crippen molar-refractivity contribution < 1.29 is 0 Å². The molecular formula is C18H27N3. The third-order valence-electron chi connectivity index (χ3n) is 4.85. The number of nitrogens with one attached hydrogen (secondary N) is 1. The van der Waals surface area contributed by atoms with E-state index in [0.717, 1.165) is 37.4 Å². The molecule has 21 heavy (non-hydrogen) atoms. The first-order valence-corrected chi connectivity index (χ1v) is 8.20. The highest BCUT2D eigenvalue weighted by atomic mass is 15.3. The molecule has 1 aliphatic heterocycles. The van der Waals surface area contributed by atoms with Crippen molar-refractivity contribution in [3.8, 4) is 0 Å². The number of benzene rings is 1. The highest BCUT2D eigenvalue weighted by Crippen LogP contribution is 2.34. The van der Waals surface area contributed by atoms with E-state index in [4.69, 9.17) is 0 Å². The van der Waals surface area contributed by atoms with Crippen LogP contribution in [0.5, 0.6) is 0 Å². The summed E-state index contributed by atoms with van der Waals surface area (Å²) in [6.07, 6.45) is 2.54. The van der Waals surface area contributed by atoms with Crippen LogP contribution in [0.4, 0.5) is 0 Å². The first-order valence-electron chi connectivity index (χ1n) is 8.20. The third kappa shape index (κ3) is 3.07. The Balaban J connectivity index is 1.57. The first-order chi connectivity index (χ1) is 10.2.